The molecule has 1 aromatic heterocycles. The fourth-order valence-electron chi connectivity index (χ4n) is 3.24. The smallest absolute Gasteiger partial charge is 0.255 e. The minimum Gasteiger partial charge on any atom is -0.328 e. The fourth-order valence-corrected chi connectivity index (χ4v) is 3.37. The number of hydrogen-bond acceptors (Lipinski definition) is 4. The number of fused-ring (bicyclic) bond motifs is 1. The van der Waals surface area contributed by atoms with E-state index in [2.05, 4.69) is 20.7 Å². The van der Waals surface area contributed by atoms with Gasteiger partial charge >= 0.3 is 0 Å². The Kier molecular flexibility index (Phi) is 4.41. The van der Waals surface area contributed by atoms with E-state index in [0.717, 1.165) is 22.5 Å². The third-order valence-corrected chi connectivity index (χ3v) is 4.87. The largest absolute Gasteiger partial charge is 0.328 e. The van der Waals surface area contributed by atoms with Crippen LogP contribution in [0.1, 0.15) is 24.1 Å². The minimum absolute atomic E-state index is 0.185. The Balaban J connectivity index is 1.77. The molecule has 6 nitrogen and oxygen atoms in total. The molecule has 1 aliphatic heterocycles. The van der Waals surface area contributed by atoms with Gasteiger partial charge in [-0.1, -0.05) is 41.9 Å². The van der Waals surface area contributed by atoms with Crippen molar-refractivity contribution in [3.63, 3.8) is 0 Å². The first kappa shape index (κ1) is 17.3. The monoisotopic (exact) mass is 379 g/mol. The molecule has 0 saturated carbocycles. The first-order chi connectivity index (χ1) is 13.0. The number of benzene rings is 2. The number of allylic oxidation sites excluding steroid dienone is 1. The van der Waals surface area contributed by atoms with Gasteiger partial charge in [-0.25, -0.2) is 4.68 Å². The summed E-state index contributed by atoms with van der Waals surface area (Å²) in [5.74, 6) is 0.412. The van der Waals surface area contributed by atoms with Crippen LogP contribution < -0.4 is 10.6 Å². The summed E-state index contributed by atoms with van der Waals surface area (Å²) < 4.78 is 1.71. The molecule has 1 aliphatic rings. The van der Waals surface area contributed by atoms with Gasteiger partial charge in [0.05, 0.1) is 5.57 Å². The second kappa shape index (κ2) is 6.89. The summed E-state index contributed by atoms with van der Waals surface area (Å²) in [7, 11) is 0. The Morgan fingerprint density at radius 1 is 1.15 bits per heavy atom. The lowest BCUT2D eigenvalue weighted by Gasteiger charge is -2.29. The summed E-state index contributed by atoms with van der Waals surface area (Å²) >= 11 is 6.04. The average molecular weight is 380 g/mol. The van der Waals surface area contributed by atoms with Crippen LogP contribution in [0.4, 0.5) is 11.6 Å². The van der Waals surface area contributed by atoms with Gasteiger partial charge in [-0.3, -0.25) is 4.79 Å². The summed E-state index contributed by atoms with van der Waals surface area (Å²) in [5, 5.41) is 11.1. The summed E-state index contributed by atoms with van der Waals surface area (Å²) in [6, 6.07) is 14.7. The Hall–Kier alpha value is -3.12. The summed E-state index contributed by atoms with van der Waals surface area (Å²) in [4.78, 5) is 17.5. The number of aryl methyl sites for hydroxylation is 1. The van der Waals surface area contributed by atoms with E-state index in [1.54, 1.807) is 4.68 Å². The fraction of sp³-hybridized carbons (Fsp3) is 0.150. The lowest BCUT2D eigenvalue weighted by molar-refractivity contribution is -0.113. The van der Waals surface area contributed by atoms with Crippen molar-refractivity contribution in [2.75, 3.05) is 10.6 Å². The van der Waals surface area contributed by atoms with Gasteiger partial charge < -0.3 is 10.6 Å². The molecule has 3 aromatic rings. The summed E-state index contributed by atoms with van der Waals surface area (Å²) in [6.07, 6.45) is 1.47. The molecule has 2 N–H and O–H groups in total. The quantitative estimate of drug-likeness (QED) is 0.716. The highest BCUT2D eigenvalue weighted by Gasteiger charge is 2.33. The zero-order valence-corrected chi connectivity index (χ0v) is 15.7. The Bertz CT molecular complexity index is 1040. The zero-order chi connectivity index (χ0) is 19.0. The lowest BCUT2D eigenvalue weighted by atomic mass is 9.95. The van der Waals surface area contributed by atoms with Gasteiger partial charge in [0.2, 0.25) is 5.95 Å². The molecule has 0 unspecified atom stereocenters. The van der Waals surface area contributed by atoms with Crippen LogP contribution in [0.15, 0.2) is 66.1 Å². The van der Waals surface area contributed by atoms with Gasteiger partial charge in [-0.05, 0) is 43.2 Å². The maximum atomic E-state index is 13.2. The first-order valence-electron chi connectivity index (χ1n) is 8.54. The second-order valence-corrected chi connectivity index (χ2v) is 6.85. The Morgan fingerprint density at radius 3 is 2.63 bits per heavy atom. The molecular formula is C20H18ClN5O. The predicted octanol–water partition coefficient (Wildman–Crippen LogP) is 4.17. The molecule has 0 radical (unpaired) electrons. The van der Waals surface area contributed by atoms with Crippen molar-refractivity contribution in [3.05, 3.63) is 82.3 Å². The number of carbonyl (C=O) groups excluding carboxylic acids is 1. The standard InChI is InChI=1S/C20H18ClN5O/c1-12-5-3-4-6-16(12)25-19(27)17-13(2)24-20-22-11-23-26(20)18(17)14-7-9-15(21)10-8-14/h3-11,18H,1-2H3,(H,25,27)(H,22,23,24)/t18-/m1/s1. The number of rotatable bonds is 3. The van der Waals surface area contributed by atoms with Crippen molar-refractivity contribution in [1.29, 1.82) is 0 Å². The van der Waals surface area contributed by atoms with Crippen LogP contribution in [-0.2, 0) is 4.79 Å². The summed E-state index contributed by atoms with van der Waals surface area (Å²) in [6.45, 7) is 3.83. The molecule has 0 aliphatic carbocycles. The summed E-state index contributed by atoms with van der Waals surface area (Å²) in [5.41, 5.74) is 4.00. The molecule has 0 saturated heterocycles. The molecule has 7 heteroatoms. The number of aromatic nitrogens is 3. The molecule has 1 atom stereocenters. The van der Waals surface area contributed by atoms with Gasteiger partial charge in [-0.15, -0.1) is 0 Å². The van der Waals surface area contributed by atoms with E-state index in [1.807, 2.05) is 62.4 Å². The highest BCUT2D eigenvalue weighted by molar-refractivity contribution is 6.30. The molecule has 2 aromatic carbocycles. The molecule has 27 heavy (non-hydrogen) atoms. The van der Waals surface area contributed by atoms with Crippen molar-refractivity contribution in [2.45, 2.75) is 19.9 Å². The van der Waals surface area contributed by atoms with E-state index in [0.29, 0.717) is 16.5 Å². The van der Waals surface area contributed by atoms with Gasteiger partial charge in [0.1, 0.15) is 12.4 Å². The van der Waals surface area contributed by atoms with Gasteiger partial charge in [0.25, 0.3) is 5.91 Å². The SMILES string of the molecule is CC1=C(C(=O)Nc2ccccc2C)[C@@H](c2ccc(Cl)cc2)n2ncnc2N1. The highest BCUT2D eigenvalue weighted by atomic mass is 35.5. The molecule has 2 heterocycles. The maximum Gasteiger partial charge on any atom is 0.255 e. The van der Waals surface area contributed by atoms with Crippen LogP contribution in [-0.4, -0.2) is 20.7 Å². The number of nitrogens with one attached hydrogen (secondary N) is 2. The Morgan fingerprint density at radius 2 is 1.89 bits per heavy atom. The van der Waals surface area contributed by atoms with Crippen LogP contribution >= 0.6 is 11.6 Å². The number of carbonyl (C=O) groups is 1. The normalized spacial score (nSPS) is 15.9. The van der Waals surface area contributed by atoms with Crippen molar-refractivity contribution in [3.8, 4) is 0 Å². The molecule has 4 rings (SSSR count). The van der Waals surface area contributed by atoms with Gasteiger partial charge in [0.15, 0.2) is 0 Å². The minimum atomic E-state index is -0.398. The van der Waals surface area contributed by atoms with Gasteiger partial charge in [0, 0.05) is 16.4 Å². The molecule has 1 amide bonds. The van der Waals surface area contributed by atoms with E-state index < -0.39 is 6.04 Å². The van der Waals surface area contributed by atoms with E-state index in [1.165, 1.54) is 6.33 Å². The van der Waals surface area contributed by atoms with Crippen molar-refractivity contribution in [2.24, 2.45) is 0 Å². The first-order valence-corrected chi connectivity index (χ1v) is 8.92. The maximum absolute atomic E-state index is 13.2. The van der Waals surface area contributed by atoms with Crippen LogP contribution in [0.3, 0.4) is 0 Å². The van der Waals surface area contributed by atoms with Crippen LogP contribution in [0.2, 0.25) is 5.02 Å². The number of anilines is 2. The number of para-hydroxylation sites is 1. The third kappa shape index (κ3) is 3.19. The second-order valence-electron chi connectivity index (χ2n) is 6.42. The number of amides is 1. The van der Waals surface area contributed by atoms with Crippen molar-refractivity contribution >= 4 is 29.1 Å². The zero-order valence-electron chi connectivity index (χ0n) is 14.9. The number of hydrogen-bond donors (Lipinski definition) is 2. The molecule has 0 bridgehead atoms. The number of nitrogens with zero attached hydrogens (tertiary/aromatic N) is 3. The van der Waals surface area contributed by atoms with Gasteiger partial charge in [-0.2, -0.15) is 10.1 Å². The van der Waals surface area contributed by atoms with Crippen LogP contribution in [0.5, 0.6) is 0 Å². The third-order valence-electron chi connectivity index (χ3n) is 4.62. The molecule has 136 valence electrons. The van der Waals surface area contributed by atoms with E-state index >= 15 is 0 Å². The van der Waals surface area contributed by atoms with E-state index in [-0.39, 0.29) is 5.91 Å². The highest BCUT2D eigenvalue weighted by Crippen LogP contribution is 2.35. The van der Waals surface area contributed by atoms with Crippen molar-refractivity contribution in [1.82, 2.24) is 14.8 Å². The molecule has 0 fully saturated rings. The lowest BCUT2D eigenvalue weighted by Crippen LogP contribution is -2.31. The predicted molar refractivity (Wildman–Crippen MR) is 106 cm³/mol. The van der Waals surface area contributed by atoms with Crippen LogP contribution in [0.25, 0.3) is 0 Å². The Labute approximate surface area is 161 Å². The molecular weight excluding hydrogens is 362 g/mol. The number of halogens is 1. The topological polar surface area (TPSA) is 71.8 Å². The van der Waals surface area contributed by atoms with E-state index in [9.17, 15) is 4.79 Å². The van der Waals surface area contributed by atoms with E-state index in [4.69, 9.17) is 11.6 Å². The molecule has 0 spiro atoms. The van der Waals surface area contributed by atoms with Crippen LogP contribution in [0, 0.1) is 6.92 Å². The average Bonchev–Trinajstić information content (AvgIpc) is 3.11. The van der Waals surface area contributed by atoms with Crippen molar-refractivity contribution < 1.29 is 4.79 Å².